The molecule has 18 heavy (non-hydrogen) atoms. The molecular weight excluding hydrogens is 236 g/mol. The second kappa shape index (κ2) is 4.06. The molecule has 3 heterocycles. The highest BCUT2D eigenvalue weighted by atomic mass is 16.5. The van der Waals surface area contributed by atoms with Crippen LogP contribution in [0.15, 0.2) is 35.1 Å². The molecule has 1 unspecified atom stereocenters. The van der Waals surface area contributed by atoms with Crippen LogP contribution in [-0.4, -0.2) is 22.6 Å². The monoisotopic (exact) mass is 246 g/mol. The molecule has 0 radical (unpaired) electrons. The molecule has 0 fully saturated rings. The molecule has 0 aliphatic carbocycles. The van der Waals surface area contributed by atoms with E-state index in [4.69, 9.17) is 14.3 Å². The van der Waals surface area contributed by atoms with Crippen molar-refractivity contribution in [3.63, 3.8) is 0 Å². The highest BCUT2D eigenvalue weighted by Gasteiger charge is 2.28. The molecule has 1 aliphatic rings. The van der Waals surface area contributed by atoms with E-state index >= 15 is 0 Å². The van der Waals surface area contributed by atoms with Gasteiger partial charge in [0, 0.05) is 6.20 Å². The Balaban J connectivity index is 1.89. The number of aromatic nitrogens is 1. The van der Waals surface area contributed by atoms with Gasteiger partial charge in [-0.3, -0.25) is 4.98 Å². The molecule has 3 rings (SSSR count). The number of rotatable bonds is 2. The van der Waals surface area contributed by atoms with Gasteiger partial charge in [0.05, 0.1) is 12.2 Å². The third kappa shape index (κ3) is 1.67. The number of hydrogen-bond donors (Lipinski definition) is 2. The van der Waals surface area contributed by atoms with Crippen LogP contribution in [0.25, 0.3) is 0 Å². The first-order valence-corrected chi connectivity index (χ1v) is 5.42. The maximum Gasteiger partial charge on any atom is 0.374 e. The van der Waals surface area contributed by atoms with Gasteiger partial charge in [0.25, 0.3) is 0 Å². The van der Waals surface area contributed by atoms with Crippen molar-refractivity contribution in [2.45, 2.75) is 6.10 Å². The van der Waals surface area contributed by atoms with Crippen molar-refractivity contribution in [1.29, 1.82) is 0 Å². The van der Waals surface area contributed by atoms with E-state index in [2.05, 4.69) is 10.3 Å². The Morgan fingerprint density at radius 2 is 2.39 bits per heavy atom. The van der Waals surface area contributed by atoms with Crippen LogP contribution in [0.4, 0.5) is 5.69 Å². The van der Waals surface area contributed by atoms with Crippen molar-refractivity contribution in [2.75, 3.05) is 11.9 Å². The average molecular weight is 246 g/mol. The third-order valence-electron chi connectivity index (χ3n) is 2.70. The fraction of sp³-hybridized carbons (Fsp3) is 0.167. The quantitative estimate of drug-likeness (QED) is 0.842. The maximum absolute atomic E-state index is 10.9. The first-order chi connectivity index (χ1) is 8.75. The molecule has 0 spiro atoms. The number of pyridine rings is 1. The molecule has 0 bridgehead atoms. The summed E-state index contributed by atoms with van der Waals surface area (Å²) in [5.41, 5.74) is 1.17. The Kier molecular flexibility index (Phi) is 2.40. The number of carbonyl (C=O) groups is 1. The van der Waals surface area contributed by atoms with Crippen molar-refractivity contribution in [2.24, 2.45) is 0 Å². The molecule has 1 atom stereocenters. The van der Waals surface area contributed by atoms with Crippen LogP contribution in [0.5, 0.6) is 5.75 Å². The van der Waals surface area contributed by atoms with Gasteiger partial charge in [-0.15, -0.1) is 0 Å². The number of ether oxygens (including phenoxy) is 1. The molecule has 0 saturated heterocycles. The summed E-state index contributed by atoms with van der Waals surface area (Å²) in [5.74, 6) is -0.859. The smallest absolute Gasteiger partial charge is 0.374 e. The van der Waals surface area contributed by atoms with E-state index in [0.717, 1.165) is 5.69 Å². The Morgan fingerprint density at radius 1 is 1.50 bits per heavy atom. The fourth-order valence-electron chi connectivity index (χ4n) is 1.87. The van der Waals surface area contributed by atoms with E-state index in [1.807, 2.05) is 18.2 Å². The molecule has 0 amide bonds. The second-order valence-electron chi connectivity index (χ2n) is 3.85. The average Bonchev–Trinajstić information content (AvgIpc) is 2.82. The zero-order chi connectivity index (χ0) is 12.5. The van der Waals surface area contributed by atoms with Gasteiger partial charge in [0.1, 0.15) is 12.0 Å². The SMILES string of the molecule is O=C(O)c1occ2c1NCC(c1ccccn1)O2. The zero-order valence-electron chi connectivity index (χ0n) is 9.29. The highest BCUT2D eigenvalue weighted by molar-refractivity contribution is 5.93. The minimum absolute atomic E-state index is 0.135. The Labute approximate surface area is 102 Å². The minimum Gasteiger partial charge on any atom is -0.477 e. The molecule has 2 aromatic rings. The third-order valence-corrected chi connectivity index (χ3v) is 2.70. The van der Waals surface area contributed by atoms with E-state index in [1.165, 1.54) is 6.26 Å². The van der Waals surface area contributed by atoms with Crippen LogP contribution in [0.3, 0.4) is 0 Å². The lowest BCUT2D eigenvalue weighted by atomic mass is 10.2. The fourth-order valence-corrected chi connectivity index (χ4v) is 1.87. The summed E-state index contributed by atoms with van der Waals surface area (Å²) in [5, 5.41) is 11.9. The number of fused-ring (bicyclic) bond motifs is 1. The normalized spacial score (nSPS) is 17.4. The van der Waals surface area contributed by atoms with Crippen LogP contribution in [-0.2, 0) is 0 Å². The van der Waals surface area contributed by atoms with Crippen LogP contribution in [0.1, 0.15) is 22.4 Å². The number of carboxylic acid groups (broad SMARTS) is 1. The van der Waals surface area contributed by atoms with Crippen LogP contribution in [0, 0.1) is 0 Å². The standard InChI is InChI=1S/C12H10N2O4/c15-12(16)11-10-9(6-17-11)18-8(5-14-10)7-3-1-2-4-13-7/h1-4,6,8,14H,5H2,(H,15,16). The van der Waals surface area contributed by atoms with Crippen LogP contribution < -0.4 is 10.1 Å². The number of anilines is 1. The van der Waals surface area contributed by atoms with Crippen LogP contribution >= 0.6 is 0 Å². The Hall–Kier alpha value is -2.50. The number of nitrogens with zero attached hydrogens (tertiary/aromatic N) is 1. The van der Waals surface area contributed by atoms with Crippen LogP contribution in [0.2, 0.25) is 0 Å². The van der Waals surface area contributed by atoms with E-state index < -0.39 is 5.97 Å². The van der Waals surface area contributed by atoms with Gasteiger partial charge in [-0.25, -0.2) is 4.79 Å². The summed E-state index contributed by atoms with van der Waals surface area (Å²) in [6.07, 6.45) is 2.73. The molecule has 2 aromatic heterocycles. The van der Waals surface area contributed by atoms with Gasteiger partial charge < -0.3 is 19.6 Å². The second-order valence-corrected chi connectivity index (χ2v) is 3.85. The first-order valence-electron chi connectivity index (χ1n) is 5.42. The van der Waals surface area contributed by atoms with Crippen molar-refractivity contribution in [3.05, 3.63) is 42.1 Å². The number of hydrogen-bond acceptors (Lipinski definition) is 5. The maximum atomic E-state index is 10.9. The van der Waals surface area contributed by atoms with E-state index in [1.54, 1.807) is 6.20 Å². The summed E-state index contributed by atoms with van der Waals surface area (Å²) in [6, 6.07) is 5.56. The van der Waals surface area contributed by atoms with Crippen molar-refractivity contribution < 1.29 is 19.1 Å². The summed E-state index contributed by atoms with van der Waals surface area (Å²) < 4.78 is 10.6. The number of carboxylic acids is 1. The topological polar surface area (TPSA) is 84.6 Å². The minimum atomic E-state index is -1.12. The molecule has 0 aromatic carbocycles. The number of aromatic carboxylic acids is 1. The predicted molar refractivity (Wildman–Crippen MR) is 61.8 cm³/mol. The molecule has 6 heteroatoms. The molecule has 2 N–H and O–H groups in total. The van der Waals surface area contributed by atoms with Gasteiger partial charge in [-0.05, 0) is 12.1 Å². The first kappa shape index (κ1) is 10.6. The lowest BCUT2D eigenvalue weighted by Crippen LogP contribution is -2.24. The van der Waals surface area contributed by atoms with E-state index in [0.29, 0.717) is 18.0 Å². The largest absolute Gasteiger partial charge is 0.477 e. The van der Waals surface area contributed by atoms with E-state index in [-0.39, 0.29) is 11.9 Å². The van der Waals surface area contributed by atoms with Crippen molar-refractivity contribution in [1.82, 2.24) is 4.98 Å². The molecule has 1 aliphatic heterocycles. The van der Waals surface area contributed by atoms with Gasteiger partial charge in [0.15, 0.2) is 11.9 Å². The summed E-state index contributed by atoms with van der Waals surface area (Å²) >= 11 is 0. The van der Waals surface area contributed by atoms with Gasteiger partial charge in [-0.2, -0.15) is 0 Å². The summed E-state index contributed by atoms with van der Waals surface area (Å²) in [6.45, 7) is 0.448. The zero-order valence-corrected chi connectivity index (χ0v) is 9.29. The van der Waals surface area contributed by atoms with Crippen molar-refractivity contribution >= 4 is 11.7 Å². The number of nitrogens with one attached hydrogen (secondary N) is 1. The molecule has 6 nitrogen and oxygen atoms in total. The summed E-state index contributed by atoms with van der Waals surface area (Å²) in [7, 11) is 0. The molecule has 0 saturated carbocycles. The lowest BCUT2D eigenvalue weighted by molar-refractivity contribution is 0.0663. The van der Waals surface area contributed by atoms with Gasteiger partial charge in [0.2, 0.25) is 5.76 Å². The molecular formula is C12H10N2O4. The molecule has 92 valence electrons. The lowest BCUT2D eigenvalue weighted by Gasteiger charge is -2.24. The van der Waals surface area contributed by atoms with Crippen molar-refractivity contribution in [3.8, 4) is 5.75 Å². The highest BCUT2D eigenvalue weighted by Crippen LogP contribution is 2.37. The van der Waals surface area contributed by atoms with E-state index in [9.17, 15) is 4.79 Å². The number of furan rings is 1. The van der Waals surface area contributed by atoms with Gasteiger partial charge >= 0.3 is 5.97 Å². The Morgan fingerprint density at radius 3 is 3.11 bits per heavy atom. The predicted octanol–water partition coefficient (Wildman–Crippen LogP) is 1.92. The summed E-state index contributed by atoms with van der Waals surface area (Å²) in [4.78, 5) is 15.1. The van der Waals surface area contributed by atoms with Gasteiger partial charge in [-0.1, -0.05) is 6.07 Å². The Bertz CT molecular complexity index is 579.